The van der Waals surface area contributed by atoms with Crippen LogP contribution in [0.25, 0.3) is 0 Å². The Bertz CT molecular complexity index is 434. The highest BCUT2D eigenvalue weighted by molar-refractivity contribution is 6.02. The first kappa shape index (κ1) is 10.7. The topological polar surface area (TPSA) is 90.0 Å². The largest absolute Gasteiger partial charge is 0.364 e. The van der Waals surface area contributed by atoms with Gasteiger partial charge in [-0.1, -0.05) is 0 Å². The molecule has 0 aliphatic heterocycles. The maximum Gasteiger partial charge on any atom is 0.271 e. The van der Waals surface area contributed by atoms with E-state index in [1.807, 2.05) is 6.92 Å². The summed E-state index contributed by atoms with van der Waals surface area (Å²) in [5.74, 6) is -0.595. The number of carbonyl (C=O) groups excluding carboxylic acids is 2. The molecule has 1 aromatic heterocycles. The van der Waals surface area contributed by atoms with Gasteiger partial charge in [-0.25, -0.2) is 0 Å². The smallest absolute Gasteiger partial charge is 0.271 e. The lowest BCUT2D eigenvalue weighted by Crippen LogP contribution is -2.18. The molecule has 0 atom stereocenters. The number of hydrogen-bond donors (Lipinski definition) is 2. The molecule has 1 saturated carbocycles. The summed E-state index contributed by atoms with van der Waals surface area (Å²) in [6.07, 6.45) is 3.46. The number of anilines is 1. The van der Waals surface area contributed by atoms with Crippen molar-refractivity contribution in [2.45, 2.75) is 26.3 Å². The molecule has 2 rings (SSSR count). The van der Waals surface area contributed by atoms with Gasteiger partial charge in [0.05, 0.1) is 5.69 Å². The molecule has 0 spiro atoms. The van der Waals surface area contributed by atoms with Crippen LogP contribution in [0.2, 0.25) is 0 Å². The van der Waals surface area contributed by atoms with Gasteiger partial charge in [-0.15, -0.1) is 0 Å². The van der Waals surface area contributed by atoms with Gasteiger partial charge in [0, 0.05) is 18.7 Å². The number of amides is 2. The third kappa shape index (κ3) is 2.05. The summed E-state index contributed by atoms with van der Waals surface area (Å²) in [4.78, 5) is 22.7. The van der Waals surface area contributed by atoms with Gasteiger partial charge in [0.1, 0.15) is 0 Å². The predicted octanol–water partition coefficient (Wildman–Crippen LogP) is 0.350. The van der Waals surface area contributed by atoms with Gasteiger partial charge in [0.25, 0.3) is 5.91 Å². The number of rotatable bonds is 4. The molecule has 0 radical (unpaired) electrons. The van der Waals surface area contributed by atoms with Crippen LogP contribution in [0, 0.1) is 5.92 Å². The molecule has 0 aromatic carbocycles. The van der Waals surface area contributed by atoms with Gasteiger partial charge >= 0.3 is 0 Å². The number of nitrogens with one attached hydrogen (secondary N) is 1. The van der Waals surface area contributed by atoms with Crippen molar-refractivity contribution in [2.75, 3.05) is 5.32 Å². The average molecular weight is 222 g/mol. The minimum atomic E-state index is -0.627. The molecule has 6 nitrogen and oxygen atoms in total. The van der Waals surface area contributed by atoms with E-state index >= 15 is 0 Å². The third-order valence-electron chi connectivity index (χ3n) is 2.53. The van der Waals surface area contributed by atoms with Crippen LogP contribution >= 0.6 is 0 Å². The molecule has 86 valence electrons. The van der Waals surface area contributed by atoms with Crippen LogP contribution < -0.4 is 11.1 Å². The predicted molar refractivity (Wildman–Crippen MR) is 57.8 cm³/mol. The van der Waals surface area contributed by atoms with Crippen LogP contribution in [0.5, 0.6) is 0 Å². The van der Waals surface area contributed by atoms with Crippen molar-refractivity contribution in [3.63, 3.8) is 0 Å². The summed E-state index contributed by atoms with van der Waals surface area (Å²) in [5, 5.41) is 6.67. The molecule has 0 bridgehead atoms. The molecular weight excluding hydrogens is 208 g/mol. The summed E-state index contributed by atoms with van der Waals surface area (Å²) in [7, 11) is 0. The van der Waals surface area contributed by atoms with E-state index in [1.165, 1.54) is 0 Å². The van der Waals surface area contributed by atoms with Crippen molar-refractivity contribution in [1.82, 2.24) is 9.78 Å². The standard InChI is InChI=1S/C10H14N4O2/c1-2-14-5-7(8(13-14)9(11)15)12-10(16)6-3-4-6/h5-6H,2-4H2,1H3,(H2,11,15)(H,12,16). The van der Waals surface area contributed by atoms with E-state index in [4.69, 9.17) is 5.73 Å². The second-order valence-electron chi connectivity index (χ2n) is 3.87. The van der Waals surface area contributed by atoms with E-state index in [0.29, 0.717) is 12.2 Å². The summed E-state index contributed by atoms with van der Waals surface area (Å²) in [6.45, 7) is 2.52. The van der Waals surface area contributed by atoms with Crippen molar-refractivity contribution in [2.24, 2.45) is 11.7 Å². The average Bonchev–Trinajstić information content (AvgIpc) is 3.00. The Morgan fingerprint density at radius 3 is 2.81 bits per heavy atom. The van der Waals surface area contributed by atoms with Crippen molar-refractivity contribution in [3.05, 3.63) is 11.9 Å². The van der Waals surface area contributed by atoms with Crippen LogP contribution in [-0.2, 0) is 11.3 Å². The first-order valence-electron chi connectivity index (χ1n) is 5.30. The lowest BCUT2D eigenvalue weighted by molar-refractivity contribution is -0.117. The third-order valence-corrected chi connectivity index (χ3v) is 2.53. The molecule has 1 aliphatic rings. The van der Waals surface area contributed by atoms with Crippen LogP contribution in [0.1, 0.15) is 30.3 Å². The highest BCUT2D eigenvalue weighted by atomic mass is 16.2. The van der Waals surface area contributed by atoms with Crippen LogP contribution in [0.15, 0.2) is 6.20 Å². The molecule has 1 aliphatic carbocycles. The molecular formula is C10H14N4O2. The van der Waals surface area contributed by atoms with Crippen molar-refractivity contribution in [1.29, 1.82) is 0 Å². The van der Waals surface area contributed by atoms with Crippen LogP contribution in [0.3, 0.4) is 0 Å². The van der Waals surface area contributed by atoms with Crippen molar-refractivity contribution in [3.8, 4) is 0 Å². The maximum absolute atomic E-state index is 11.5. The number of hydrogen-bond acceptors (Lipinski definition) is 3. The number of carbonyl (C=O) groups is 2. The molecule has 16 heavy (non-hydrogen) atoms. The Labute approximate surface area is 92.8 Å². The van der Waals surface area contributed by atoms with Gasteiger partial charge in [0.2, 0.25) is 5.91 Å². The van der Waals surface area contributed by atoms with E-state index < -0.39 is 5.91 Å². The number of aromatic nitrogens is 2. The van der Waals surface area contributed by atoms with E-state index in [-0.39, 0.29) is 17.5 Å². The molecule has 3 N–H and O–H groups in total. The second kappa shape index (κ2) is 3.96. The first-order valence-corrected chi connectivity index (χ1v) is 5.30. The Kier molecular flexibility index (Phi) is 2.64. The van der Waals surface area contributed by atoms with Gasteiger partial charge in [-0.05, 0) is 19.8 Å². The maximum atomic E-state index is 11.5. The summed E-state index contributed by atoms with van der Waals surface area (Å²) in [6, 6.07) is 0. The SMILES string of the molecule is CCn1cc(NC(=O)C2CC2)c(C(N)=O)n1. The van der Waals surface area contributed by atoms with Gasteiger partial charge in [0.15, 0.2) is 5.69 Å². The highest BCUT2D eigenvalue weighted by Crippen LogP contribution is 2.30. The van der Waals surface area contributed by atoms with Gasteiger partial charge < -0.3 is 11.1 Å². The minimum Gasteiger partial charge on any atom is -0.364 e. The lowest BCUT2D eigenvalue weighted by atomic mass is 10.3. The Morgan fingerprint density at radius 2 is 2.31 bits per heavy atom. The van der Waals surface area contributed by atoms with Crippen LogP contribution in [0.4, 0.5) is 5.69 Å². The first-order chi connectivity index (χ1) is 7.61. The monoisotopic (exact) mass is 222 g/mol. The van der Waals surface area contributed by atoms with Gasteiger partial charge in [-0.3, -0.25) is 14.3 Å². The highest BCUT2D eigenvalue weighted by Gasteiger charge is 2.30. The van der Waals surface area contributed by atoms with E-state index in [9.17, 15) is 9.59 Å². The van der Waals surface area contributed by atoms with E-state index in [1.54, 1.807) is 10.9 Å². The molecule has 1 heterocycles. The quantitative estimate of drug-likeness (QED) is 0.770. The Balaban J connectivity index is 2.20. The molecule has 1 fully saturated rings. The van der Waals surface area contributed by atoms with E-state index in [2.05, 4.69) is 10.4 Å². The molecule has 1 aromatic rings. The van der Waals surface area contributed by atoms with Crippen molar-refractivity contribution >= 4 is 17.5 Å². The molecule has 6 heteroatoms. The summed E-state index contributed by atoms with van der Waals surface area (Å²) in [5.41, 5.74) is 5.71. The zero-order valence-corrected chi connectivity index (χ0v) is 9.06. The number of aryl methyl sites for hydroxylation is 1. The number of primary amides is 1. The van der Waals surface area contributed by atoms with Crippen molar-refractivity contribution < 1.29 is 9.59 Å². The van der Waals surface area contributed by atoms with E-state index in [0.717, 1.165) is 12.8 Å². The fraction of sp³-hybridized carbons (Fsp3) is 0.500. The molecule has 2 amide bonds. The minimum absolute atomic E-state index is 0.0573. The van der Waals surface area contributed by atoms with Crippen LogP contribution in [-0.4, -0.2) is 21.6 Å². The fourth-order valence-corrected chi connectivity index (χ4v) is 1.44. The molecule has 0 unspecified atom stereocenters. The van der Waals surface area contributed by atoms with Gasteiger partial charge in [-0.2, -0.15) is 5.10 Å². The second-order valence-corrected chi connectivity index (χ2v) is 3.87. The lowest BCUT2D eigenvalue weighted by Gasteiger charge is -2.01. The normalized spacial score (nSPS) is 14.8. The Morgan fingerprint density at radius 1 is 1.62 bits per heavy atom. The molecule has 0 saturated heterocycles. The fourth-order valence-electron chi connectivity index (χ4n) is 1.44. The number of nitrogens with zero attached hydrogens (tertiary/aromatic N) is 2. The summed E-state index contributed by atoms with van der Waals surface area (Å²) >= 11 is 0. The number of nitrogens with two attached hydrogens (primary N) is 1. The Hall–Kier alpha value is -1.85. The zero-order valence-electron chi connectivity index (χ0n) is 9.06. The zero-order chi connectivity index (χ0) is 11.7. The summed E-state index contributed by atoms with van der Waals surface area (Å²) < 4.78 is 1.57.